The summed E-state index contributed by atoms with van der Waals surface area (Å²) in [6.45, 7) is 0.814. The normalized spacial score (nSPS) is 25.3. The molecule has 3 N–H and O–H groups in total. The number of amides is 2. The molecule has 1 fully saturated rings. The van der Waals surface area contributed by atoms with Crippen LogP contribution < -0.4 is 10.6 Å². The molecule has 0 bridgehead atoms. The van der Waals surface area contributed by atoms with Crippen molar-refractivity contribution < 1.29 is 14.3 Å². The van der Waals surface area contributed by atoms with E-state index >= 15 is 0 Å². The summed E-state index contributed by atoms with van der Waals surface area (Å²) in [5.41, 5.74) is 3.23. The van der Waals surface area contributed by atoms with Crippen LogP contribution in [0.15, 0.2) is 47.1 Å². The minimum atomic E-state index is -0.820. The van der Waals surface area contributed by atoms with Crippen LogP contribution in [-0.4, -0.2) is 24.2 Å². The summed E-state index contributed by atoms with van der Waals surface area (Å²) in [4.78, 5) is 11.9. The van der Waals surface area contributed by atoms with Gasteiger partial charge in [-0.3, -0.25) is 0 Å². The molecule has 5 nitrogen and oxygen atoms in total. The third kappa shape index (κ3) is 2.69. The monoisotopic (exact) mass is 326 g/mol. The van der Waals surface area contributed by atoms with Crippen molar-refractivity contribution in [3.63, 3.8) is 0 Å². The number of urea groups is 1. The molecule has 1 saturated carbocycles. The molecule has 126 valence electrons. The van der Waals surface area contributed by atoms with E-state index in [0.29, 0.717) is 18.2 Å². The molecule has 1 heterocycles. The first-order valence-corrected chi connectivity index (χ1v) is 8.50. The quantitative estimate of drug-likeness (QED) is 0.790. The first-order valence-electron chi connectivity index (χ1n) is 8.50. The van der Waals surface area contributed by atoms with E-state index in [-0.39, 0.29) is 18.0 Å². The Balaban J connectivity index is 1.25. The predicted molar refractivity (Wildman–Crippen MR) is 89.6 cm³/mol. The molecule has 0 saturated heterocycles. The van der Waals surface area contributed by atoms with E-state index in [0.717, 1.165) is 12.8 Å². The molecule has 2 aliphatic carbocycles. The Hall–Kier alpha value is -2.27. The van der Waals surface area contributed by atoms with Crippen LogP contribution in [-0.2, 0) is 11.8 Å². The van der Waals surface area contributed by atoms with E-state index in [2.05, 4.69) is 34.9 Å². The summed E-state index contributed by atoms with van der Waals surface area (Å²) in [7, 11) is 0. The number of nitrogens with one attached hydrogen (secondary N) is 2. The molecule has 2 aromatic rings. The molecular formula is C19H22N2O3. The lowest BCUT2D eigenvalue weighted by Gasteiger charge is -2.13. The van der Waals surface area contributed by atoms with Crippen molar-refractivity contribution in [1.82, 2.24) is 10.6 Å². The number of carbonyl (C=O) groups excluding carboxylic acids is 1. The lowest BCUT2D eigenvalue weighted by molar-refractivity contribution is 0.148. The van der Waals surface area contributed by atoms with Crippen molar-refractivity contribution in [2.45, 2.75) is 30.8 Å². The van der Waals surface area contributed by atoms with Crippen LogP contribution in [0.25, 0.3) is 0 Å². The van der Waals surface area contributed by atoms with Gasteiger partial charge in [-0.15, -0.1) is 0 Å². The molecule has 0 radical (unpaired) electrons. The third-order valence-corrected chi connectivity index (χ3v) is 5.46. The minimum absolute atomic E-state index is 0.137. The Kier molecular flexibility index (Phi) is 3.81. The van der Waals surface area contributed by atoms with E-state index in [1.807, 2.05) is 0 Å². The van der Waals surface area contributed by atoms with E-state index in [9.17, 15) is 9.90 Å². The summed E-state index contributed by atoms with van der Waals surface area (Å²) in [6, 6.07) is 11.8. The van der Waals surface area contributed by atoms with Crippen molar-refractivity contribution in [3.8, 4) is 0 Å². The number of hydrogen-bond donors (Lipinski definition) is 3. The molecule has 3 atom stereocenters. The maximum atomic E-state index is 11.9. The van der Waals surface area contributed by atoms with Gasteiger partial charge < -0.3 is 20.2 Å². The van der Waals surface area contributed by atoms with Crippen LogP contribution in [0, 0.1) is 5.92 Å². The van der Waals surface area contributed by atoms with Crippen molar-refractivity contribution in [2.24, 2.45) is 5.92 Å². The Morgan fingerprint density at radius 2 is 2.17 bits per heavy atom. The molecule has 1 aromatic heterocycles. The summed E-state index contributed by atoms with van der Waals surface area (Å²) >= 11 is 0. The topological polar surface area (TPSA) is 74.5 Å². The molecule has 24 heavy (non-hydrogen) atoms. The maximum absolute atomic E-state index is 11.9. The van der Waals surface area contributed by atoms with E-state index in [1.54, 1.807) is 12.1 Å². The molecule has 1 aromatic carbocycles. The van der Waals surface area contributed by atoms with Gasteiger partial charge in [-0.2, -0.15) is 0 Å². The lowest BCUT2D eigenvalue weighted by Crippen LogP contribution is -2.39. The Morgan fingerprint density at radius 1 is 1.29 bits per heavy atom. The van der Waals surface area contributed by atoms with Crippen molar-refractivity contribution in [3.05, 3.63) is 59.5 Å². The molecule has 0 aliphatic heterocycles. The Bertz CT molecular complexity index is 728. The first kappa shape index (κ1) is 15.3. The van der Waals surface area contributed by atoms with Crippen LogP contribution in [0.4, 0.5) is 4.79 Å². The zero-order valence-corrected chi connectivity index (χ0v) is 13.5. The highest BCUT2D eigenvalue weighted by molar-refractivity contribution is 5.74. The molecule has 4 rings (SSSR count). The summed E-state index contributed by atoms with van der Waals surface area (Å²) in [5.74, 6) is 0.973. The number of fused-ring (bicyclic) bond motifs is 2. The zero-order valence-electron chi connectivity index (χ0n) is 13.5. The smallest absolute Gasteiger partial charge is 0.314 e. The van der Waals surface area contributed by atoms with Gasteiger partial charge in [0.05, 0.1) is 12.8 Å². The third-order valence-electron chi connectivity index (χ3n) is 5.46. The zero-order chi connectivity index (χ0) is 16.6. The minimum Gasteiger partial charge on any atom is -0.467 e. The van der Waals surface area contributed by atoms with E-state index in [4.69, 9.17) is 4.42 Å². The molecule has 5 heteroatoms. The number of benzene rings is 1. The van der Waals surface area contributed by atoms with Gasteiger partial charge in [0.15, 0.2) is 0 Å². The fraction of sp³-hybridized carbons (Fsp3) is 0.421. The van der Waals surface area contributed by atoms with Crippen LogP contribution in [0.5, 0.6) is 0 Å². The fourth-order valence-corrected chi connectivity index (χ4v) is 4.05. The lowest BCUT2D eigenvalue weighted by atomic mass is 9.95. The van der Waals surface area contributed by atoms with Crippen LogP contribution in [0.3, 0.4) is 0 Å². The SMILES string of the molecule is O=C(NC[C@@H]1C[C@@]12CCc1ccccc12)NC[C@H](O)c1ccco1. The van der Waals surface area contributed by atoms with Gasteiger partial charge in [-0.25, -0.2) is 4.79 Å². The van der Waals surface area contributed by atoms with Gasteiger partial charge in [-0.05, 0) is 48.4 Å². The highest BCUT2D eigenvalue weighted by atomic mass is 16.4. The summed E-state index contributed by atoms with van der Waals surface area (Å²) < 4.78 is 5.11. The predicted octanol–water partition coefficient (Wildman–Crippen LogP) is 2.52. The summed E-state index contributed by atoms with van der Waals surface area (Å²) in [5, 5.41) is 15.5. The molecule has 0 unspecified atom stereocenters. The number of aliphatic hydroxyl groups excluding tert-OH is 1. The standard InChI is InChI=1S/C19H22N2O3/c22-16(17-6-3-9-24-17)12-21-18(23)20-11-14-10-19(14)8-7-13-4-1-2-5-15(13)19/h1-6,9,14,16,22H,7-8,10-12H2,(H2,20,21,23)/t14-,16-,19-/m0/s1. The average Bonchev–Trinajstić information content (AvgIpc) is 2.94. The number of aryl methyl sites for hydroxylation is 1. The van der Waals surface area contributed by atoms with E-state index < -0.39 is 6.10 Å². The van der Waals surface area contributed by atoms with Gasteiger partial charge in [0.1, 0.15) is 11.9 Å². The number of hydrogen-bond acceptors (Lipinski definition) is 3. The average molecular weight is 326 g/mol. The number of rotatable bonds is 5. The Labute approximate surface area is 141 Å². The van der Waals surface area contributed by atoms with Gasteiger partial charge in [0.25, 0.3) is 0 Å². The van der Waals surface area contributed by atoms with Gasteiger partial charge in [0.2, 0.25) is 0 Å². The van der Waals surface area contributed by atoms with Crippen LogP contribution in [0.1, 0.15) is 35.8 Å². The van der Waals surface area contributed by atoms with Crippen LogP contribution >= 0.6 is 0 Å². The van der Waals surface area contributed by atoms with Crippen molar-refractivity contribution in [2.75, 3.05) is 13.1 Å². The number of carbonyl (C=O) groups is 1. The van der Waals surface area contributed by atoms with Crippen molar-refractivity contribution >= 4 is 6.03 Å². The highest BCUT2D eigenvalue weighted by Crippen LogP contribution is 2.61. The number of aliphatic hydroxyl groups is 1. The van der Waals surface area contributed by atoms with Gasteiger partial charge >= 0.3 is 6.03 Å². The molecule has 1 spiro atoms. The summed E-state index contributed by atoms with van der Waals surface area (Å²) in [6.07, 6.45) is 4.18. The maximum Gasteiger partial charge on any atom is 0.314 e. The molecular weight excluding hydrogens is 304 g/mol. The largest absolute Gasteiger partial charge is 0.467 e. The van der Waals surface area contributed by atoms with Crippen LogP contribution in [0.2, 0.25) is 0 Å². The molecule has 2 amide bonds. The Morgan fingerprint density at radius 3 is 3.00 bits per heavy atom. The first-order chi connectivity index (χ1) is 11.7. The second-order valence-electron chi connectivity index (χ2n) is 6.84. The molecule has 2 aliphatic rings. The van der Waals surface area contributed by atoms with Gasteiger partial charge in [0, 0.05) is 12.0 Å². The second-order valence-corrected chi connectivity index (χ2v) is 6.84. The number of furan rings is 1. The van der Waals surface area contributed by atoms with E-state index in [1.165, 1.54) is 23.8 Å². The van der Waals surface area contributed by atoms with Gasteiger partial charge in [-0.1, -0.05) is 24.3 Å². The van der Waals surface area contributed by atoms with Crippen molar-refractivity contribution in [1.29, 1.82) is 0 Å². The highest BCUT2D eigenvalue weighted by Gasteiger charge is 2.57. The second kappa shape index (κ2) is 5.98. The fourth-order valence-electron chi connectivity index (χ4n) is 4.05.